The van der Waals surface area contributed by atoms with Gasteiger partial charge in [0.2, 0.25) is 5.91 Å². The third-order valence-corrected chi connectivity index (χ3v) is 13.4. The van der Waals surface area contributed by atoms with Crippen LogP contribution < -0.4 is 5.32 Å². The van der Waals surface area contributed by atoms with E-state index in [-0.39, 0.29) is 12.5 Å². The summed E-state index contributed by atoms with van der Waals surface area (Å²) in [5.41, 5.74) is 0. The van der Waals surface area contributed by atoms with Crippen molar-refractivity contribution in [1.82, 2.24) is 5.32 Å². The molecule has 1 rings (SSSR count). The molecule has 1 aliphatic rings. The molecule has 6 N–H and O–H groups in total. The summed E-state index contributed by atoms with van der Waals surface area (Å²) in [6.45, 7) is 3.76. The maximum absolute atomic E-state index is 13.0. The molecule has 1 aliphatic heterocycles. The molecule has 0 saturated carbocycles. The minimum Gasteiger partial charge on any atom is -0.394 e. The fourth-order valence-electron chi connectivity index (χ4n) is 8.93. The lowest BCUT2D eigenvalue weighted by Crippen LogP contribution is -2.60. The normalized spacial score (nSPS) is 20.0. The summed E-state index contributed by atoms with van der Waals surface area (Å²) in [4.78, 5) is 13.0. The molecule has 66 heavy (non-hydrogen) atoms. The minimum atomic E-state index is -1.57. The van der Waals surface area contributed by atoms with Crippen molar-refractivity contribution >= 4 is 5.91 Å². The highest BCUT2D eigenvalue weighted by Crippen LogP contribution is 2.23. The van der Waals surface area contributed by atoms with E-state index < -0.39 is 49.5 Å². The van der Waals surface area contributed by atoms with Crippen LogP contribution in [0.4, 0.5) is 0 Å². The van der Waals surface area contributed by atoms with Crippen molar-refractivity contribution in [3.63, 3.8) is 0 Å². The maximum Gasteiger partial charge on any atom is 0.220 e. The molecule has 1 fully saturated rings. The van der Waals surface area contributed by atoms with Gasteiger partial charge in [-0.25, -0.2) is 0 Å². The second-order valence-electron chi connectivity index (χ2n) is 19.7. The number of hydrogen-bond acceptors (Lipinski definition) is 8. The Morgan fingerprint density at radius 1 is 0.500 bits per heavy atom. The smallest absolute Gasteiger partial charge is 0.220 e. The zero-order valence-electron chi connectivity index (χ0n) is 43.0. The summed E-state index contributed by atoms with van der Waals surface area (Å²) in [6.07, 6.45) is 53.7. The molecule has 1 saturated heterocycles. The molecule has 0 bridgehead atoms. The van der Waals surface area contributed by atoms with Gasteiger partial charge in [-0.2, -0.15) is 0 Å². The van der Waals surface area contributed by atoms with Gasteiger partial charge >= 0.3 is 0 Å². The van der Waals surface area contributed by atoms with Crippen molar-refractivity contribution in [2.45, 2.75) is 307 Å². The molecule has 7 atom stereocenters. The number of carbonyl (C=O) groups excluding carboxylic acids is 1. The first-order valence-electron chi connectivity index (χ1n) is 28.2. The Morgan fingerprint density at radius 2 is 0.864 bits per heavy atom. The van der Waals surface area contributed by atoms with Gasteiger partial charge in [-0.1, -0.05) is 237 Å². The van der Waals surface area contributed by atoms with Crippen LogP contribution in [0.15, 0.2) is 36.5 Å². The van der Waals surface area contributed by atoms with Crippen molar-refractivity contribution < 1.29 is 39.8 Å². The van der Waals surface area contributed by atoms with E-state index in [0.717, 1.165) is 57.8 Å². The average molecular weight is 934 g/mol. The Kier molecular flexibility index (Phi) is 44.6. The molecule has 0 aromatic carbocycles. The van der Waals surface area contributed by atoms with Gasteiger partial charge in [-0.3, -0.25) is 4.79 Å². The number of allylic oxidation sites excluding steroid dienone is 5. The lowest BCUT2D eigenvalue weighted by Gasteiger charge is -2.40. The Balaban J connectivity index is 2.19. The molecule has 0 aromatic rings. The minimum absolute atomic E-state index is 0.195. The highest BCUT2D eigenvalue weighted by Gasteiger charge is 2.44. The van der Waals surface area contributed by atoms with Crippen LogP contribution in [0.2, 0.25) is 0 Å². The number of unbranched alkanes of at least 4 members (excludes halogenated alkanes) is 34. The van der Waals surface area contributed by atoms with E-state index in [0.29, 0.717) is 6.42 Å². The van der Waals surface area contributed by atoms with Crippen LogP contribution in [-0.4, -0.2) is 87.5 Å². The van der Waals surface area contributed by atoms with Gasteiger partial charge in [-0.05, 0) is 57.8 Å². The van der Waals surface area contributed by atoms with Gasteiger partial charge in [0.25, 0.3) is 0 Å². The molecular formula is C57H107NO8. The summed E-state index contributed by atoms with van der Waals surface area (Å²) < 4.78 is 11.2. The number of aliphatic hydroxyl groups excluding tert-OH is 5. The van der Waals surface area contributed by atoms with E-state index in [1.165, 1.54) is 186 Å². The lowest BCUT2D eigenvalue weighted by molar-refractivity contribution is -0.302. The van der Waals surface area contributed by atoms with Crippen LogP contribution in [-0.2, 0) is 14.3 Å². The SMILES string of the molecule is CCCCCC/C=C\CCCCCCCC(=O)NC(COC1OC(CO)C(O)C(O)C1O)C(O)/C=C/CC/C=C/CCCCCCCCCCCCCCCCCCCCCCCCCC. The Labute approximate surface area is 406 Å². The highest BCUT2D eigenvalue weighted by atomic mass is 16.7. The van der Waals surface area contributed by atoms with E-state index in [4.69, 9.17) is 9.47 Å². The van der Waals surface area contributed by atoms with Crippen LogP contribution in [0.5, 0.6) is 0 Å². The number of nitrogens with one attached hydrogen (secondary N) is 1. The average Bonchev–Trinajstić information content (AvgIpc) is 3.32. The second kappa shape index (κ2) is 47.1. The summed E-state index contributed by atoms with van der Waals surface area (Å²) in [5, 5.41) is 54.3. The first kappa shape index (κ1) is 62.4. The molecule has 0 aliphatic carbocycles. The topological polar surface area (TPSA) is 149 Å². The second-order valence-corrected chi connectivity index (χ2v) is 19.7. The molecule has 0 aromatic heterocycles. The fraction of sp³-hybridized carbons (Fsp3) is 0.877. The number of aliphatic hydroxyl groups is 5. The predicted molar refractivity (Wildman–Crippen MR) is 276 cm³/mol. The standard InChI is InChI=1S/C57H107NO8/c1-3-5-7-9-11-13-15-17-18-19-20-21-22-23-24-25-26-27-28-29-30-31-32-33-35-36-38-40-42-44-46-51(60)50(49-65-57-56(64)55(63)54(62)52(48-59)66-57)58-53(61)47-45-43-41-39-37-34-16-14-12-10-8-6-4-2/h14,16,36,38,44,46,50-52,54-57,59-60,62-64H,3-13,15,17-35,37,39-43,45,47-49H2,1-2H3,(H,58,61)/b16-14-,38-36+,46-44+. The fourth-order valence-corrected chi connectivity index (χ4v) is 8.93. The summed E-state index contributed by atoms with van der Waals surface area (Å²) >= 11 is 0. The lowest BCUT2D eigenvalue weighted by atomic mass is 9.99. The van der Waals surface area contributed by atoms with E-state index in [9.17, 15) is 30.3 Å². The van der Waals surface area contributed by atoms with Crippen molar-refractivity contribution in [3.05, 3.63) is 36.5 Å². The van der Waals surface area contributed by atoms with E-state index >= 15 is 0 Å². The molecule has 0 spiro atoms. The predicted octanol–water partition coefficient (Wildman–Crippen LogP) is 13.6. The summed E-state index contributed by atoms with van der Waals surface area (Å²) in [5.74, 6) is -0.195. The molecule has 388 valence electrons. The van der Waals surface area contributed by atoms with Gasteiger partial charge in [0.05, 0.1) is 25.4 Å². The first-order valence-corrected chi connectivity index (χ1v) is 28.2. The Hall–Kier alpha value is -1.59. The highest BCUT2D eigenvalue weighted by molar-refractivity contribution is 5.76. The molecular weight excluding hydrogens is 827 g/mol. The first-order chi connectivity index (χ1) is 32.3. The van der Waals surface area contributed by atoms with E-state index in [1.54, 1.807) is 6.08 Å². The zero-order chi connectivity index (χ0) is 48.0. The van der Waals surface area contributed by atoms with Gasteiger partial charge in [0.1, 0.15) is 24.4 Å². The largest absolute Gasteiger partial charge is 0.394 e. The third kappa shape index (κ3) is 36.4. The molecule has 7 unspecified atom stereocenters. The quantitative estimate of drug-likeness (QED) is 0.0261. The number of rotatable bonds is 48. The summed E-state index contributed by atoms with van der Waals surface area (Å²) in [6, 6.07) is -0.825. The molecule has 9 nitrogen and oxygen atoms in total. The zero-order valence-corrected chi connectivity index (χ0v) is 43.0. The summed E-state index contributed by atoms with van der Waals surface area (Å²) in [7, 11) is 0. The van der Waals surface area contributed by atoms with Crippen molar-refractivity contribution in [3.8, 4) is 0 Å². The third-order valence-electron chi connectivity index (χ3n) is 13.4. The van der Waals surface area contributed by atoms with Crippen LogP contribution in [0, 0.1) is 0 Å². The van der Waals surface area contributed by atoms with E-state index in [1.807, 2.05) is 6.08 Å². The molecule has 1 heterocycles. The van der Waals surface area contributed by atoms with Crippen LogP contribution in [0.25, 0.3) is 0 Å². The van der Waals surface area contributed by atoms with Crippen molar-refractivity contribution in [2.24, 2.45) is 0 Å². The van der Waals surface area contributed by atoms with Gasteiger partial charge < -0.3 is 40.3 Å². The van der Waals surface area contributed by atoms with Crippen LogP contribution >= 0.6 is 0 Å². The molecule has 9 heteroatoms. The number of ether oxygens (including phenoxy) is 2. The van der Waals surface area contributed by atoms with Crippen LogP contribution in [0.3, 0.4) is 0 Å². The number of carbonyl (C=O) groups is 1. The van der Waals surface area contributed by atoms with Gasteiger partial charge in [-0.15, -0.1) is 0 Å². The van der Waals surface area contributed by atoms with E-state index in [2.05, 4.69) is 43.5 Å². The Bertz CT molecular complexity index is 1130. The van der Waals surface area contributed by atoms with Crippen molar-refractivity contribution in [2.75, 3.05) is 13.2 Å². The van der Waals surface area contributed by atoms with Crippen LogP contribution in [0.1, 0.15) is 264 Å². The van der Waals surface area contributed by atoms with Crippen molar-refractivity contribution in [1.29, 1.82) is 0 Å². The Morgan fingerprint density at radius 3 is 1.29 bits per heavy atom. The molecule has 1 amide bonds. The number of hydrogen-bond donors (Lipinski definition) is 6. The van der Waals surface area contributed by atoms with Gasteiger partial charge in [0, 0.05) is 6.42 Å². The number of amides is 1. The monoisotopic (exact) mass is 934 g/mol. The maximum atomic E-state index is 13.0. The molecule has 0 radical (unpaired) electrons. The van der Waals surface area contributed by atoms with Gasteiger partial charge in [0.15, 0.2) is 6.29 Å².